The van der Waals surface area contributed by atoms with Gasteiger partial charge in [0.05, 0.1) is 4.88 Å². The normalized spacial score (nSPS) is 14.7. The highest BCUT2D eigenvalue weighted by molar-refractivity contribution is 7.15. The highest BCUT2D eigenvalue weighted by Crippen LogP contribution is 2.38. The van der Waals surface area contributed by atoms with E-state index in [1.165, 1.54) is 41.0 Å². The van der Waals surface area contributed by atoms with Gasteiger partial charge < -0.3 is 10.3 Å². The molecule has 2 heterocycles. The molecule has 0 fully saturated rings. The Hall–Kier alpha value is -1.29. The van der Waals surface area contributed by atoms with Crippen LogP contribution in [0, 0.1) is 0 Å². The number of aromatic nitrogens is 1. The van der Waals surface area contributed by atoms with Crippen molar-refractivity contribution >= 4 is 17.2 Å². The van der Waals surface area contributed by atoms with Crippen LogP contribution in [0.25, 0.3) is 10.6 Å². The molecular weight excluding hydrogens is 244 g/mol. The predicted octanol–water partition coefficient (Wildman–Crippen LogP) is 3.82. The zero-order chi connectivity index (χ0) is 12.5. The largest absolute Gasteiger partial charge is 0.381 e. The van der Waals surface area contributed by atoms with Gasteiger partial charge in [-0.1, -0.05) is 18.5 Å². The molecule has 2 aromatic heterocycles. The van der Waals surface area contributed by atoms with Crippen LogP contribution in [-0.2, 0) is 19.3 Å². The molecule has 0 bridgehead atoms. The summed E-state index contributed by atoms with van der Waals surface area (Å²) in [5.41, 5.74) is 8.47. The Kier molecular flexibility index (Phi) is 3.12. The first kappa shape index (κ1) is 11.8. The van der Waals surface area contributed by atoms with Gasteiger partial charge in [0.1, 0.15) is 0 Å². The quantitative estimate of drug-likeness (QED) is 0.915. The summed E-state index contributed by atoms with van der Waals surface area (Å²) in [7, 11) is 0. The van der Waals surface area contributed by atoms with Crippen LogP contribution >= 0.6 is 11.3 Å². The molecular formula is C14H18N2OS. The molecule has 4 heteroatoms. The van der Waals surface area contributed by atoms with E-state index in [0.29, 0.717) is 5.82 Å². The summed E-state index contributed by atoms with van der Waals surface area (Å²) in [6.45, 7) is 2.15. The van der Waals surface area contributed by atoms with Gasteiger partial charge in [-0.2, -0.15) is 0 Å². The Morgan fingerprint density at radius 3 is 3.00 bits per heavy atom. The van der Waals surface area contributed by atoms with Crippen molar-refractivity contribution in [1.82, 2.24) is 5.16 Å². The molecule has 0 unspecified atom stereocenters. The summed E-state index contributed by atoms with van der Waals surface area (Å²) in [5.74, 6) is 1.45. The average Bonchev–Trinajstić information content (AvgIpc) is 2.94. The summed E-state index contributed by atoms with van der Waals surface area (Å²) < 4.78 is 5.45. The molecule has 2 aromatic rings. The molecule has 0 atom stereocenters. The molecule has 1 aliphatic rings. The van der Waals surface area contributed by atoms with Gasteiger partial charge in [-0.15, -0.1) is 11.3 Å². The maximum Gasteiger partial charge on any atom is 0.182 e. The van der Waals surface area contributed by atoms with E-state index in [1.807, 2.05) is 11.3 Å². The molecule has 0 aromatic carbocycles. The number of nitrogens with zero attached hydrogens (tertiary/aromatic N) is 1. The van der Waals surface area contributed by atoms with Crippen LogP contribution in [-0.4, -0.2) is 5.16 Å². The van der Waals surface area contributed by atoms with E-state index >= 15 is 0 Å². The number of nitrogen functional groups attached to an aromatic ring is 1. The fraction of sp³-hybridized carbons (Fsp3) is 0.500. The molecule has 0 amide bonds. The Morgan fingerprint density at radius 2 is 2.22 bits per heavy atom. The maximum absolute atomic E-state index is 5.89. The van der Waals surface area contributed by atoms with Crippen LogP contribution in [0.5, 0.6) is 0 Å². The molecule has 0 spiro atoms. The average molecular weight is 262 g/mol. The van der Waals surface area contributed by atoms with Crippen LogP contribution in [0.3, 0.4) is 0 Å². The first-order valence-corrected chi connectivity index (χ1v) is 7.47. The lowest BCUT2D eigenvalue weighted by Gasteiger charge is -2.08. The van der Waals surface area contributed by atoms with Gasteiger partial charge in [0.15, 0.2) is 11.6 Å². The van der Waals surface area contributed by atoms with Gasteiger partial charge >= 0.3 is 0 Å². The van der Waals surface area contributed by atoms with Gasteiger partial charge in [-0.25, -0.2) is 0 Å². The van der Waals surface area contributed by atoms with Crippen molar-refractivity contribution in [3.8, 4) is 10.6 Å². The lowest BCUT2D eigenvalue weighted by atomic mass is 9.99. The third kappa shape index (κ3) is 1.94. The zero-order valence-electron chi connectivity index (χ0n) is 10.7. The van der Waals surface area contributed by atoms with Crippen molar-refractivity contribution in [1.29, 1.82) is 0 Å². The van der Waals surface area contributed by atoms with Gasteiger partial charge in [0.25, 0.3) is 0 Å². The van der Waals surface area contributed by atoms with Gasteiger partial charge in [-0.05, 0) is 43.7 Å². The number of fused-ring (bicyclic) bond motifs is 1. The van der Waals surface area contributed by atoms with E-state index in [9.17, 15) is 0 Å². The number of hydrogen-bond donors (Lipinski definition) is 1. The summed E-state index contributed by atoms with van der Waals surface area (Å²) in [5, 5.41) is 3.93. The molecule has 2 N–H and O–H groups in total. The van der Waals surface area contributed by atoms with Crippen LogP contribution in [0.4, 0.5) is 5.82 Å². The van der Waals surface area contributed by atoms with Crippen molar-refractivity contribution in [3.05, 3.63) is 22.1 Å². The third-order valence-corrected chi connectivity index (χ3v) is 4.77. The second-order valence-corrected chi connectivity index (χ2v) is 6.03. The van der Waals surface area contributed by atoms with Crippen LogP contribution in [0.2, 0.25) is 0 Å². The van der Waals surface area contributed by atoms with Gasteiger partial charge in [0.2, 0.25) is 0 Å². The van der Waals surface area contributed by atoms with E-state index in [4.69, 9.17) is 10.3 Å². The minimum Gasteiger partial charge on any atom is -0.381 e. The van der Waals surface area contributed by atoms with E-state index in [0.717, 1.165) is 24.2 Å². The van der Waals surface area contributed by atoms with Gasteiger partial charge in [-0.3, -0.25) is 0 Å². The fourth-order valence-corrected chi connectivity index (χ4v) is 3.87. The van der Waals surface area contributed by atoms with E-state index in [1.54, 1.807) is 0 Å². The predicted molar refractivity (Wildman–Crippen MR) is 74.9 cm³/mol. The smallest absolute Gasteiger partial charge is 0.182 e. The molecule has 3 rings (SSSR count). The SMILES string of the molecule is CCCc1c(N)noc1-c1cc2c(s1)CCCC2. The van der Waals surface area contributed by atoms with Crippen molar-refractivity contribution in [3.63, 3.8) is 0 Å². The Bertz CT molecular complexity index is 533. The standard InChI is InChI=1S/C14H18N2OS/c1-2-5-10-13(17-16-14(10)15)12-8-9-6-3-4-7-11(9)18-12/h8H,2-7H2,1H3,(H2,15,16). The second-order valence-electron chi connectivity index (χ2n) is 4.89. The number of hydrogen-bond acceptors (Lipinski definition) is 4. The van der Waals surface area contributed by atoms with Crippen LogP contribution in [0.15, 0.2) is 10.6 Å². The lowest BCUT2D eigenvalue weighted by Crippen LogP contribution is -1.96. The molecule has 0 saturated heterocycles. The van der Waals surface area contributed by atoms with Crippen LogP contribution < -0.4 is 5.73 Å². The highest BCUT2D eigenvalue weighted by Gasteiger charge is 2.20. The molecule has 1 aliphatic carbocycles. The molecule has 96 valence electrons. The van der Waals surface area contributed by atoms with Gasteiger partial charge in [0, 0.05) is 10.4 Å². The molecule has 0 radical (unpaired) electrons. The third-order valence-electron chi connectivity index (χ3n) is 3.54. The summed E-state index contributed by atoms with van der Waals surface area (Å²) >= 11 is 1.85. The summed E-state index contributed by atoms with van der Waals surface area (Å²) in [6, 6.07) is 2.28. The molecule has 3 nitrogen and oxygen atoms in total. The summed E-state index contributed by atoms with van der Waals surface area (Å²) in [6.07, 6.45) is 7.04. The monoisotopic (exact) mass is 262 g/mol. The number of anilines is 1. The van der Waals surface area contributed by atoms with E-state index in [2.05, 4.69) is 18.1 Å². The fourth-order valence-electron chi connectivity index (χ4n) is 2.61. The first-order chi connectivity index (χ1) is 8.79. The first-order valence-electron chi connectivity index (χ1n) is 6.65. The molecule has 0 saturated carbocycles. The highest BCUT2D eigenvalue weighted by atomic mass is 32.1. The Balaban J connectivity index is 2.01. The Labute approximate surface area is 111 Å². The van der Waals surface area contributed by atoms with E-state index in [-0.39, 0.29) is 0 Å². The molecule has 0 aliphatic heterocycles. The topological polar surface area (TPSA) is 52.0 Å². The summed E-state index contributed by atoms with van der Waals surface area (Å²) in [4.78, 5) is 2.73. The Morgan fingerprint density at radius 1 is 1.39 bits per heavy atom. The minimum atomic E-state index is 0.554. The lowest BCUT2D eigenvalue weighted by molar-refractivity contribution is 0.436. The van der Waals surface area contributed by atoms with Crippen molar-refractivity contribution in [2.75, 3.05) is 5.73 Å². The zero-order valence-corrected chi connectivity index (χ0v) is 11.5. The molecule has 18 heavy (non-hydrogen) atoms. The van der Waals surface area contributed by atoms with Crippen molar-refractivity contribution < 1.29 is 4.52 Å². The number of thiophene rings is 1. The number of rotatable bonds is 3. The second kappa shape index (κ2) is 4.76. The van der Waals surface area contributed by atoms with Crippen LogP contribution in [0.1, 0.15) is 42.2 Å². The van der Waals surface area contributed by atoms with Crippen molar-refractivity contribution in [2.24, 2.45) is 0 Å². The number of aryl methyl sites for hydroxylation is 2. The van der Waals surface area contributed by atoms with Crippen molar-refractivity contribution in [2.45, 2.75) is 45.4 Å². The van der Waals surface area contributed by atoms with E-state index < -0.39 is 0 Å². The maximum atomic E-state index is 5.89. The minimum absolute atomic E-state index is 0.554. The number of nitrogens with two attached hydrogens (primary N) is 1.